The number of aromatic hydroxyl groups is 1. The summed E-state index contributed by atoms with van der Waals surface area (Å²) in [5, 5.41) is 12.8. The molecule has 2 atom stereocenters. The van der Waals surface area contributed by atoms with E-state index in [-0.39, 0.29) is 23.3 Å². The zero-order valence-corrected chi connectivity index (χ0v) is 16.0. The van der Waals surface area contributed by atoms with Crippen LogP contribution < -0.4 is 5.32 Å². The fraction of sp³-hybridized carbons (Fsp3) is 0.300. The molecule has 0 bridgehead atoms. The minimum absolute atomic E-state index is 0.0158. The van der Waals surface area contributed by atoms with Crippen molar-refractivity contribution in [3.63, 3.8) is 0 Å². The number of phenolic OH excluding ortho intramolecular Hbond substituents is 1. The Morgan fingerprint density at radius 1 is 1.27 bits per heavy atom. The normalized spacial score (nSPS) is 17.1. The molecule has 0 saturated carbocycles. The molecule has 136 valence electrons. The summed E-state index contributed by atoms with van der Waals surface area (Å²) in [7, 11) is 0. The van der Waals surface area contributed by atoms with Crippen LogP contribution in [-0.4, -0.2) is 23.1 Å². The van der Waals surface area contributed by atoms with Gasteiger partial charge in [-0.25, -0.2) is 4.79 Å². The summed E-state index contributed by atoms with van der Waals surface area (Å²) >= 11 is 3.24. The molecule has 2 aromatic carbocycles. The maximum Gasteiger partial charge on any atom is 0.342 e. The lowest BCUT2D eigenvalue weighted by atomic mass is 9.87. The van der Waals surface area contributed by atoms with E-state index in [0.29, 0.717) is 4.47 Å². The van der Waals surface area contributed by atoms with Gasteiger partial charge in [0, 0.05) is 4.47 Å². The number of hydrogen-bond acceptors (Lipinski definition) is 4. The Bertz CT molecular complexity index is 836. The molecule has 1 aliphatic carbocycles. The number of aryl methyl sites for hydroxylation is 1. The van der Waals surface area contributed by atoms with Gasteiger partial charge in [0.25, 0.3) is 5.91 Å². The standard InChI is InChI=1S/C20H20BrNO4/c1-12(26-20(25)16-11-14(21)9-10-18(16)23)19(24)22-17-8-4-6-13-5-2-3-7-15(13)17/h2-3,5,7,9-12,17,23H,4,6,8H2,1H3,(H,22,24)/t12-,17-/m1/s1. The van der Waals surface area contributed by atoms with Crippen LogP contribution in [0.2, 0.25) is 0 Å². The van der Waals surface area contributed by atoms with Gasteiger partial charge >= 0.3 is 5.97 Å². The molecule has 0 fully saturated rings. The minimum Gasteiger partial charge on any atom is -0.507 e. The Kier molecular flexibility index (Phi) is 5.61. The first-order chi connectivity index (χ1) is 12.5. The highest BCUT2D eigenvalue weighted by Gasteiger charge is 2.26. The molecule has 3 rings (SSSR count). The Balaban J connectivity index is 1.65. The molecule has 0 aliphatic heterocycles. The average molecular weight is 418 g/mol. The third-order valence-corrected chi connectivity index (χ3v) is 5.01. The molecule has 0 spiro atoms. The number of phenols is 1. The lowest BCUT2D eigenvalue weighted by Gasteiger charge is -2.27. The molecule has 0 heterocycles. The highest BCUT2D eigenvalue weighted by Crippen LogP contribution is 2.29. The van der Waals surface area contributed by atoms with E-state index in [1.807, 2.05) is 18.2 Å². The number of hydrogen-bond donors (Lipinski definition) is 2. The van der Waals surface area contributed by atoms with E-state index in [4.69, 9.17) is 4.74 Å². The predicted octanol–water partition coefficient (Wildman–Crippen LogP) is 3.89. The van der Waals surface area contributed by atoms with Gasteiger partial charge in [-0.3, -0.25) is 4.79 Å². The Morgan fingerprint density at radius 2 is 2.04 bits per heavy atom. The summed E-state index contributed by atoms with van der Waals surface area (Å²) in [4.78, 5) is 24.7. The summed E-state index contributed by atoms with van der Waals surface area (Å²) in [6.07, 6.45) is 1.91. The molecule has 1 aliphatic rings. The highest BCUT2D eigenvalue weighted by molar-refractivity contribution is 9.10. The first kappa shape index (κ1) is 18.5. The molecule has 0 saturated heterocycles. The molecular weight excluding hydrogens is 398 g/mol. The third-order valence-electron chi connectivity index (χ3n) is 4.52. The van der Waals surface area contributed by atoms with Gasteiger partial charge in [-0.1, -0.05) is 40.2 Å². The van der Waals surface area contributed by atoms with Gasteiger partial charge in [0.1, 0.15) is 11.3 Å². The second-order valence-corrected chi connectivity index (χ2v) is 7.28. The summed E-state index contributed by atoms with van der Waals surface area (Å²) in [5.41, 5.74) is 2.38. The quantitative estimate of drug-likeness (QED) is 0.739. The lowest BCUT2D eigenvalue weighted by Crippen LogP contribution is -2.39. The van der Waals surface area contributed by atoms with Crippen LogP contribution in [0.1, 0.15) is 47.3 Å². The van der Waals surface area contributed by atoms with E-state index in [2.05, 4.69) is 27.3 Å². The van der Waals surface area contributed by atoms with Crippen LogP contribution in [0.3, 0.4) is 0 Å². The van der Waals surface area contributed by atoms with Gasteiger partial charge < -0.3 is 15.2 Å². The number of ether oxygens (including phenoxy) is 1. The van der Waals surface area contributed by atoms with E-state index in [1.165, 1.54) is 24.6 Å². The van der Waals surface area contributed by atoms with Crippen molar-refractivity contribution in [3.8, 4) is 5.75 Å². The molecule has 5 nitrogen and oxygen atoms in total. The predicted molar refractivity (Wildman–Crippen MR) is 101 cm³/mol. The summed E-state index contributed by atoms with van der Waals surface area (Å²) in [5.74, 6) is -1.28. The summed E-state index contributed by atoms with van der Waals surface area (Å²) < 4.78 is 5.87. The van der Waals surface area contributed by atoms with Crippen LogP contribution in [-0.2, 0) is 16.0 Å². The number of halogens is 1. The average Bonchev–Trinajstić information content (AvgIpc) is 2.63. The summed E-state index contributed by atoms with van der Waals surface area (Å²) in [6, 6.07) is 12.4. The first-order valence-electron chi connectivity index (χ1n) is 8.53. The fourth-order valence-electron chi connectivity index (χ4n) is 3.14. The molecule has 1 amide bonds. The number of carbonyl (C=O) groups is 2. The zero-order valence-electron chi connectivity index (χ0n) is 14.4. The number of nitrogens with one attached hydrogen (secondary N) is 1. The summed E-state index contributed by atoms with van der Waals surface area (Å²) in [6.45, 7) is 1.52. The van der Waals surface area contributed by atoms with Gasteiger partial charge in [-0.2, -0.15) is 0 Å². The van der Waals surface area contributed by atoms with Gasteiger partial charge in [-0.05, 0) is 55.5 Å². The maximum absolute atomic E-state index is 12.5. The topological polar surface area (TPSA) is 75.6 Å². The lowest BCUT2D eigenvalue weighted by molar-refractivity contribution is -0.130. The number of amides is 1. The van der Waals surface area contributed by atoms with Crippen molar-refractivity contribution in [3.05, 3.63) is 63.6 Å². The highest BCUT2D eigenvalue weighted by atomic mass is 79.9. The number of esters is 1. The van der Waals surface area contributed by atoms with Crippen LogP contribution in [0.25, 0.3) is 0 Å². The Labute approximate surface area is 160 Å². The SMILES string of the molecule is C[C@@H](OC(=O)c1cc(Br)ccc1O)C(=O)N[C@@H]1CCCc2ccccc21. The van der Waals surface area contributed by atoms with Gasteiger partial charge in [0.05, 0.1) is 6.04 Å². The number of rotatable bonds is 4. The van der Waals surface area contributed by atoms with Crippen LogP contribution >= 0.6 is 15.9 Å². The van der Waals surface area contributed by atoms with Crippen LogP contribution in [0, 0.1) is 0 Å². The van der Waals surface area contributed by atoms with Gasteiger partial charge in [0.2, 0.25) is 0 Å². The number of benzene rings is 2. The van der Waals surface area contributed by atoms with Gasteiger partial charge in [-0.15, -0.1) is 0 Å². The fourth-order valence-corrected chi connectivity index (χ4v) is 3.50. The number of carbonyl (C=O) groups excluding carboxylic acids is 2. The van der Waals surface area contributed by atoms with Gasteiger partial charge in [0.15, 0.2) is 6.10 Å². The van der Waals surface area contributed by atoms with Crippen molar-refractivity contribution in [2.24, 2.45) is 0 Å². The minimum atomic E-state index is -0.963. The van der Waals surface area contributed by atoms with Crippen LogP contribution in [0.4, 0.5) is 0 Å². The van der Waals surface area contributed by atoms with Crippen LogP contribution in [0.15, 0.2) is 46.9 Å². The molecule has 2 N–H and O–H groups in total. The molecule has 26 heavy (non-hydrogen) atoms. The number of fused-ring (bicyclic) bond motifs is 1. The Morgan fingerprint density at radius 3 is 2.85 bits per heavy atom. The Hall–Kier alpha value is -2.34. The second-order valence-electron chi connectivity index (χ2n) is 6.36. The van der Waals surface area contributed by atoms with E-state index in [9.17, 15) is 14.7 Å². The van der Waals surface area contributed by atoms with Crippen molar-refractivity contribution in [2.45, 2.75) is 38.3 Å². The van der Waals surface area contributed by atoms with E-state index in [1.54, 1.807) is 6.07 Å². The molecule has 0 unspecified atom stereocenters. The maximum atomic E-state index is 12.5. The zero-order chi connectivity index (χ0) is 18.7. The molecule has 0 aromatic heterocycles. The van der Waals surface area contributed by atoms with Crippen molar-refractivity contribution >= 4 is 27.8 Å². The van der Waals surface area contributed by atoms with E-state index < -0.39 is 12.1 Å². The largest absolute Gasteiger partial charge is 0.507 e. The molecule has 6 heteroatoms. The molecular formula is C20H20BrNO4. The van der Waals surface area contributed by atoms with E-state index in [0.717, 1.165) is 24.8 Å². The smallest absolute Gasteiger partial charge is 0.342 e. The monoisotopic (exact) mass is 417 g/mol. The van der Waals surface area contributed by atoms with Crippen molar-refractivity contribution in [2.75, 3.05) is 0 Å². The van der Waals surface area contributed by atoms with E-state index >= 15 is 0 Å². The van der Waals surface area contributed by atoms with Crippen molar-refractivity contribution in [1.29, 1.82) is 0 Å². The first-order valence-corrected chi connectivity index (χ1v) is 9.32. The molecule has 0 radical (unpaired) electrons. The third kappa shape index (κ3) is 4.07. The van der Waals surface area contributed by atoms with Crippen LogP contribution in [0.5, 0.6) is 5.75 Å². The van der Waals surface area contributed by atoms with Crippen molar-refractivity contribution < 1.29 is 19.4 Å². The van der Waals surface area contributed by atoms with Crippen molar-refractivity contribution in [1.82, 2.24) is 5.32 Å². The second kappa shape index (κ2) is 7.91. The molecule has 2 aromatic rings.